The van der Waals surface area contributed by atoms with Crippen molar-refractivity contribution in [2.24, 2.45) is 13.0 Å². The summed E-state index contributed by atoms with van der Waals surface area (Å²) in [5.74, 6) is 0.616. The maximum atomic E-state index is 12.9. The number of amides is 1. The van der Waals surface area contributed by atoms with Crippen LogP contribution in [0, 0.1) is 5.92 Å². The van der Waals surface area contributed by atoms with Gasteiger partial charge in [-0.15, -0.1) is 0 Å². The average Bonchev–Trinajstić information content (AvgIpc) is 3.24. The van der Waals surface area contributed by atoms with Gasteiger partial charge in [0, 0.05) is 13.6 Å². The van der Waals surface area contributed by atoms with Gasteiger partial charge in [0.15, 0.2) is 9.84 Å². The van der Waals surface area contributed by atoms with Crippen molar-refractivity contribution in [3.8, 4) is 0 Å². The summed E-state index contributed by atoms with van der Waals surface area (Å²) in [7, 11) is -1.07. The summed E-state index contributed by atoms with van der Waals surface area (Å²) >= 11 is 0. The van der Waals surface area contributed by atoms with Crippen LogP contribution in [0.2, 0.25) is 0 Å². The van der Waals surface area contributed by atoms with Gasteiger partial charge in [-0.3, -0.25) is 4.79 Å². The Morgan fingerprint density at radius 2 is 2.04 bits per heavy atom. The highest BCUT2D eigenvalue weighted by Gasteiger charge is 2.40. The second kappa shape index (κ2) is 5.58. The molecule has 4 rings (SSSR count). The van der Waals surface area contributed by atoms with E-state index in [2.05, 4.69) is 4.57 Å². The van der Waals surface area contributed by atoms with Crippen LogP contribution in [0.3, 0.4) is 0 Å². The van der Waals surface area contributed by atoms with Gasteiger partial charge in [-0.05, 0) is 31.4 Å². The van der Waals surface area contributed by atoms with E-state index >= 15 is 0 Å². The van der Waals surface area contributed by atoms with Gasteiger partial charge in [-0.2, -0.15) is 0 Å². The van der Waals surface area contributed by atoms with Gasteiger partial charge in [-0.1, -0.05) is 12.1 Å². The van der Waals surface area contributed by atoms with Crippen LogP contribution in [0.1, 0.15) is 31.1 Å². The van der Waals surface area contributed by atoms with E-state index in [1.807, 2.05) is 36.2 Å². The number of para-hydroxylation sites is 2. The SMILES string of the molecule is Cn1c([C@H]2CCCN2C(=O)[C@H]2CCS(=O)(=O)C2)nc2ccccc21. The van der Waals surface area contributed by atoms with Crippen molar-refractivity contribution in [2.75, 3.05) is 18.1 Å². The lowest BCUT2D eigenvalue weighted by Crippen LogP contribution is -2.37. The van der Waals surface area contributed by atoms with E-state index in [9.17, 15) is 13.2 Å². The molecule has 0 unspecified atom stereocenters. The molecule has 1 aromatic carbocycles. The number of rotatable bonds is 2. The van der Waals surface area contributed by atoms with Crippen LogP contribution in [0.5, 0.6) is 0 Å². The van der Waals surface area contributed by atoms with Crippen molar-refractivity contribution in [3.63, 3.8) is 0 Å². The Hall–Kier alpha value is -1.89. The Labute approximate surface area is 141 Å². The molecular formula is C17H21N3O3S. The molecular weight excluding hydrogens is 326 g/mol. The van der Waals surface area contributed by atoms with E-state index in [4.69, 9.17) is 4.98 Å². The fraction of sp³-hybridized carbons (Fsp3) is 0.529. The standard InChI is InChI=1S/C17H21N3O3S/c1-19-14-6-3-2-5-13(14)18-16(19)15-7-4-9-20(15)17(21)12-8-10-24(22,23)11-12/h2-3,5-6,12,15H,4,7-11H2,1H3/t12-,15+/m0/s1. The fourth-order valence-corrected chi connectivity index (χ4v) is 5.72. The Morgan fingerprint density at radius 3 is 2.75 bits per heavy atom. The minimum atomic E-state index is -3.05. The highest BCUT2D eigenvalue weighted by Crippen LogP contribution is 2.35. The van der Waals surface area contributed by atoms with Crippen molar-refractivity contribution in [2.45, 2.75) is 25.3 Å². The summed E-state index contributed by atoms with van der Waals surface area (Å²) in [4.78, 5) is 19.5. The van der Waals surface area contributed by atoms with Crippen molar-refractivity contribution < 1.29 is 13.2 Å². The van der Waals surface area contributed by atoms with Gasteiger partial charge in [0.05, 0.1) is 34.5 Å². The third-order valence-electron chi connectivity index (χ3n) is 5.24. The molecule has 2 aliphatic rings. The number of hydrogen-bond acceptors (Lipinski definition) is 4. The lowest BCUT2D eigenvalue weighted by molar-refractivity contribution is -0.135. The zero-order valence-electron chi connectivity index (χ0n) is 13.7. The molecule has 0 saturated carbocycles. The Morgan fingerprint density at radius 1 is 1.25 bits per heavy atom. The number of aryl methyl sites for hydroxylation is 1. The maximum absolute atomic E-state index is 12.9. The summed E-state index contributed by atoms with van der Waals surface area (Å²) in [6.45, 7) is 0.684. The Bertz CT molecular complexity index is 903. The predicted molar refractivity (Wildman–Crippen MR) is 91.2 cm³/mol. The number of benzene rings is 1. The summed E-state index contributed by atoms with van der Waals surface area (Å²) in [6, 6.07) is 7.88. The molecule has 2 atom stereocenters. The summed E-state index contributed by atoms with van der Waals surface area (Å²) in [6.07, 6.45) is 2.26. The first-order valence-corrected chi connectivity index (χ1v) is 10.2. The average molecular weight is 347 g/mol. The van der Waals surface area contributed by atoms with Crippen molar-refractivity contribution >= 4 is 26.8 Å². The molecule has 0 spiro atoms. The number of hydrogen-bond donors (Lipinski definition) is 0. The first-order chi connectivity index (χ1) is 11.5. The van der Waals surface area contributed by atoms with Crippen molar-refractivity contribution in [1.29, 1.82) is 0 Å². The van der Waals surface area contributed by atoms with Crippen LogP contribution >= 0.6 is 0 Å². The normalized spacial score (nSPS) is 26.3. The molecule has 0 N–H and O–H groups in total. The minimum absolute atomic E-state index is 0.00239. The number of aromatic nitrogens is 2. The van der Waals surface area contributed by atoms with Crippen LogP contribution in [0.25, 0.3) is 11.0 Å². The van der Waals surface area contributed by atoms with Gasteiger partial charge in [-0.25, -0.2) is 13.4 Å². The van der Waals surface area contributed by atoms with E-state index in [-0.39, 0.29) is 29.4 Å². The van der Waals surface area contributed by atoms with Gasteiger partial charge in [0.1, 0.15) is 5.82 Å². The molecule has 2 fully saturated rings. The first-order valence-electron chi connectivity index (χ1n) is 8.38. The predicted octanol–water partition coefficient (Wildman–Crippen LogP) is 1.67. The molecule has 128 valence electrons. The molecule has 0 aliphatic carbocycles. The highest BCUT2D eigenvalue weighted by atomic mass is 32.2. The van der Waals surface area contributed by atoms with E-state index in [1.165, 1.54) is 0 Å². The molecule has 2 aromatic rings. The Balaban J connectivity index is 1.65. The number of carbonyl (C=O) groups is 1. The third-order valence-corrected chi connectivity index (χ3v) is 7.01. The van der Waals surface area contributed by atoms with Crippen LogP contribution in [0.4, 0.5) is 0 Å². The molecule has 6 nitrogen and oxygen atoms in total. The second-order valence-electron chi connectivity index (χ2n) is 6.81. The van der Waals surface area contributed by atoms with Crippen molar-refractivity contribution in [1.82, 2.24) is 14.5 Å². The number of carbonyl (C=O) groups excluding carboxylic acids is 1. The van der Waals surface area contributed by atoms with Gasteiger partial charge in [0.25, 0.3) is 0 Å². The molecule has 7 heteroatoms. The van der Waals surface area contributed by atoms with Gasteiger partial charge < -0.3 is 9.47 Å². The van der Waals surface area contributed by atoms with E-state index in [0.717, 1.165) is 29.7 Å². The number of sulfone groups is 1. The van der Waals surface area contributed by atoms with Crippen LogP contribution < -0.4 is 0 Å². The molecule has 2 aliphatic heterocycles. The largest absolute Gasteiger partial charge is 0.332 e. The number of nitrogens with zero attached hydrogens (tertiary/aromatic N) is 3. The van der Waals surface area contributed by atoms with E-state index < -0.39 is 9.84 Å². The molecule has 3 heterocycles. The molecule has 1 aromatic heterocycles. The lowest BCUT2D eigenvalue weighted by Gasteiger charge is -2.26. The topological polar surface area (TPSA) is 72.3 Å². The Kier molecular flexibility index (Phi) is 3.63. The summed E-state index contributed by atoms with van der Waals surface area (Å²) in [5.41, 5.74) is 1.98. The number of imidazole rings is 1. The fourth-order valence-electron chi connectivity index (χ4n) is 3.99. The molecule has 2 saturated heterocycles. The number of likely N-dealkylation sites (tertiary alicyclic amines) is 1. The maximum Gasteiger partial charge on any atom is 0.227 e. The summed E-state index contributed by atoms with van der Waals surface area (Å²) < 4.78 is 25.4. The van der Waals surface area contributed by atoms with Crippen LogP contribution in [-0.4, -0.2) is 46.8 Å². The molecule has 24 heavy (non-hydrogen) atoms. The third kappa shape index (κ3) is 2.51. The van der Waals surface area contributed by atoms with Crippen LogP contribution in [0.15, 0.2) is 24.3 Å². The van der Waals surface area contributed by atoms with E-state index in [1.54, 1.807) is 0 Å². The summed E-state index contributed by atoms with van der Waals surface area (Å²) in [5, 5.41) is 0. The van der Waals surface area contributed by atoms with Crippen LogP contribution in [-0.2, 0) is 21.7 Å². The van der Waals surface area contributed by atoms with Crippen molar-refractivity contribution in [3.05, 3.63) is 30.1 Å². The number of fused-ring (bicyclic) bond motifs is 1. The molecule has 0 bridgehead atoms. The lowest BCUT2D eigenvalue weighted by atomic mass is 10.1. The molecule has 0 radical (unpaired) electrons. The second-order valence-corrected chi connectivity index (χ2v) is 9.04. The monoisotopic (exact) mass is 347 g/mol. The van der Waals surface area contributed by atoms with E-state index in [0.29, 0.717) is 13.0 Å². The van der Waals surface area contributed by atoms with Gasteiger partial charge >= 0.3 is 0 Å². The molecule has 1 amide bonds. The zero-order valence-corrected chi connectivity index (χ0v) is 14.5. The smallest absolute Gasteiger partial charge is 0.227 e. The quantitative estimate of drug-likeness (QED) is 0.828. The minimum Gasteiger partial charge on any atom is -0.332 e. The first kappa shape index (κ1) is 15.6. The highest BCUT2D eigenvalue weighted by molar-refractivity contribution is 7.91. The zero-order chi connectivity index (χ0) is 16.9. The van der Waals surface area contributed by atoms with Gasteiger partial charge in [0.2, 0.25) is 5.91 Å².